The fraction of sp³-hybridized carbons (Fsp3) is 0.286. The minimum Gasteiger partial charge on any atom is -0.496 e. The zero-order valence-corrected chi connectivity index (χ0v) is 19.4. The highest BCUT2D eigenvalue weighted by Crippen LogP contribution is 2.38. The third-order valence-corrected chi connectivity index (χ3v) is 6.47. The molecule has 1 N–H and O–H groups in total. The Balaban J connectivity index is 1.65. The number of carbonyl (C=O) groups is 2. The molecule has 3 aromatic rings. The quantitative estimate of drug-likeness (QED) is 0.525. The molecular formula is C28H28FNO4. The van der Waals surface area contributed by atoms with Gasteiger partial charge in [0.1, 0.15) is 11.6 Å². The van der Waals surface area contributed by atoms with E-state index in [1.54, 1.807) is 36.3 Å². The number of halogens is 1. The molecule has 5 nitrogen and oxygen atoms in total. The van der Waals surface area contributed by atoms with Gasteiger partial charge in [-0.05, 0) is 58.4 Å². The number of carboxylic acids is 1. The van der Waals surface area contributed by atoms with Crippen LogP contribution in [-0.2, 0) is 29.0 Å². The van der Waals surface area contributed by atoms with Gasteiger partial charge in [0.05, 0.1) is 13.5 Å². The van der Waals surface area contributed by atoms with Gasteiger partial charge in [-0.1, -0.05) is 49.4 Å². The first-order valence-corrected chi connectivity index (χ1v) is 11.4. The molecule has 0 saturated carbocycles. The Morgan fingerprint density at radius 3 is 2.53 bits per heavy atom. The van der Waals surface area contributed by atoms with E-state index in [1.807, 2.05) is 37.3 Å². The van der Waals surface area contributed by atoms with Gasteiger partial charge in [-0.2, -0.15) is 0 Å². The Morgan fingerprint density at radius 1 is 1.06 bits per heavy atom. The number of rotatable bonds is 7. The van der Waals surface area contributed by atoms with Crippen molar-refractivity contribution >= 4 is 11.9 Å². The van der Waals surface area contributed by atoms with E-state index < -0.39 is 5.97 Å². The molecule has 1 amide bonds. The van der Waals surface area contributed by atoms with Crippen molar-refractivity contribution < 1.29 is 23.8 Å². The van der Waals surface area contributed by atoms with Crippen molar-refractivity contribution in [3.05, 3.63) is 88.7 Å². The highest BCUT2D eigenvalue weighted by atomic mass is 19.1. The Morgan fingerprint density at radius 2 is 1.82 bits per heavy atom. The Kier molecular flexibility index (Phi) is 6.96. The molecule has 0 bridgehead atoms. The van der Waals surface area contributed by atoms with Crippen LogP contribution in [-0.4, -0.2) is 35.5 Å². The first kappa shape index (κ1) is 23.5. The van der Waals surface area contributed by atoms with Crippen LogP contribution in [0.2, 0.25) is 0 Å². The molecule has 1 aliphatic rings. The van der Waals surface area contributed by atoms with Gasteiger partial charge in [0, 0.05) is 25.1 Å². The van der Waals surface area contributed by atoms with Gasteiger partial charge >= 0.3 is 5.97 Å². The summed E-state index contributed by atoms with van der Waals surface area (Å²) >= 11 is 0. The molecule has 0 aromatic heterocycles. The minimum absolute atomic E-state index is 0.0313. The maximum Gasteiger partial charge on any atom is 0.307 e. The molecule has 0 spiro atoms. The van der Waals surface area contributed by atoms with Crippen molar-refractivity contribution in [3.63, 3.8) is 0 Å². The van der Waals surface area contributed by atoms with Crippen LogP contribution in [0.15, 0.2) is 60.7 Å². The minimum atomic E-state index is -0.929. The molecule has 1 atom stereocenters. The molecule has 6 heteroatoms. The summed E-state index contributed by atoms with van der Waals surface area (Å²) in [7, 11) is 1.55. The van der Waals surface area contributed by atoms with Crippen molar-refractivity contribution in [2.24, 2.45) is 0 Å². The van der Waals surface area contributed by atoms with Gasteiger partial charge in [-0.25, -0.2) is 4.39 Å². The predicted octanol–water partition coefficient (Wildman–Crippen LogP) is 5.21. The smallest absolute Gasteiger partial charge is 0.307 e. The number of hydrogen-bond donors (Lipinski definition) is 1. The number of hydrogen-bond acceptors (Lipinski definition) is 3. The molecule has 1 aliphatic heterocycles. The number of aliphatic carboxylic acids is 1. The summed E-state index contributed by atoms with van der Waals surface area (Å²) in [4.78, 5) is 26.2. The first-order chi connectivity index (χ1) is 16.4. The fourth-order valence-corrected chi connectivity index (χ4v) is 4.64. The second-order valence-corrected chi connectivity index (χ2v) is 8.74. The summed E-state index contributed by atoms with van der Waals surface area (Å²) in [5.41, 5.74) is 4.54. The number of methoxy groups -OCH3 is 1. The van der Waals surface area contributed by atoms with E-state index in [2.05, 4.69) is 0 Å². The van der Waals surface area contributed by atoms with Crippen LogP contribution in [0.5, 0.6) is 5.75 Å². The van der Waals surface area contributed by atoms with Crippen LogP contribution < -0.4 is 4.74 Å². The number of carboxylic acid groups (broad SMARTS) is 1. The number of carbonyl (C=O) groups excluding carboxylic acids is 1. The summed E-state index contributed by atoms with van der Waals surface area (Å²) in [6, 6.07) is 18.3. The van der Waals surface area contributed by atoms with Crippen LogP contribution in [0.3, 0.4) is 0 Å². The maximum absolute atomic E-state index is 14.7. The second kappa shape index (κ2) is 10.1. The second-order valence-electron chi connectivity index (χ2n) is 8.74. The summed E-state index contributed by atoms with van der Waals surface area (Å²) in [6.45, 7) is 2.80. The van der Waals surface area contributed by atoms with E-state index >= 15 is 0 Å². The molecule has 0 saturated heterocycles. The molecule has 0 unspecified atom stereocenters. The normalized spacial score (nSPS) is 13.8. The van der Waals surface area contributed by atoms with E-state index in [0.29, 0.717) is 48.4 Å². The fourth-order valence-electron chi connectivity index (χ4n) is 4.64. The predicted molar refractivity (Wildman–Crippen MR) is 128 cm³/mol. The third-order valence-electron chi connectivity index (χ3n) is 6.47. The van der Waals surface area contributed by atoms with Gasteiger partial charge in [0.25, 0.3) is 0 Å². The summed E-state index contributed by atoms with van der Waals surface area (Å²) in [5, 5.41) is 9.21. The molecule has 34 heavy (non-hydrogen) atoms. The lowest BCUT2D eigenvalue weighted by Gasteiger charge is -2.32. The van der Waals surface area contributed by atoms with E-state index in [1.165, 1.54) is 6.07 Å². The topological polar surface area (TPSA) is 66.8 Å². The van der Waals surface area contributed by atoms with Crippen LogP contribution in [0.4, 0.5) is 4.39 Å². The third kappa shape index (κ3) is 4.96. The van der Waals surface area contributed by atoms with Crippen molar-refractivity contribution in [2.75, 3.05) is 13.7 Å². The largest absolute Gasteiger partial charge is 0.496 e. The van der Waals surface area contributed by atoms with Gasteiger partial charge in [-0.3, -0.25) is 9.59 Å². The maximum atomic E-state index is 14.7. The van der Waals surface area contributed by atoms with Crippen molar-refractivity contribution in [1.82, 2.24) is 4.90 Å². The van der Waals surface area contributed by atoms with E-state index in [-0.39, 0.29) is 24.1 Å². The highest BCUT2D eigenvalue weighted by molar-refractivity contribution is 5.80. The molecule has 4 rings (SSSR count). The van der Waals surface area contributed by atoms with Gasteiger partial charge in [0.2, 0.25) is 5.91 Å². The number of amides is 1. The number of fused-ring (bicyclic) bond motifs is 1. The van der Waals surface area contributed by atoms with Crippen LogP contribution in [0, 0.1) is 5.82 Å². The molecule has 1 heterocycles. The zero-order chi connectivity index (χ0) is 24.2. The summed E-state index contributed by atoms with van der Waals surface area (Å²) in [6.07, 6.45) is 0.682. The van der Waals surface area contributed by atoms with E-state index in [0.717, 1.165) is 16.7 Å². The van der Waals surface area contributed by atoms with Crippen LogP contribution in [0.25, 0.3) is 11.1 Å². The molecular weight excluding hydrogens is 433 g/mol. The number of nitrogens with zero attached hydrogens (tertiary/aromatic N) is 1. The van der Waals surface area contributed by atoms with Crippen LogP contribution in [0.1, 0.15) is 41.5 Å². The molecule has 0 aliphatic carbocycles. The lowest BCUT2D eigenvalue weighted by Crippen LogP contribution is -2.37. The van der Waals surface area contributed by atoms with E-state index in [4.69, 9.17) is 4.74 Å². The lowest BCUT2D eigenvalue weighted by molar-refractivity contribution is -0.136. The highest BCUT2D eigenvalue weighted by Gasteiger charge is 2.27. The van der Waals surface area contributed by atoms with Crippen molar-refractivity contribution in [2.45, 2.75) is 38.6 Å². The Labute approximate surface area is 198 Å². The van der Waals surface area contributed by atoms with Crippen LogP contribution >= 0.6 is 0 Å². The van der Waals surface area contributed by atoms with Gasteiger partial charge < -0.3 is 14.7 Å². The Hall–Kier alpha value is -3.67. The van der Waals surface area contributed by atoms with Gasteiger partial charge in [0.15, 0.2) is 0 Å². The number of benzene rings is 3. The zero-order valence-electron chi connectivity index (χ0n) is 19.4. The van der Waals surface area contributed by atoms with Crippen molar-refractivity contribution in [1.29, 1.82) is 0 Å². The molecule has 176 valence electrons. The summed E-state index contributed by atoms with van der Waals surface area (Å²) < 4.78 is 20.3. The SMILES string of the molecule is COc1ccc(CC(=O)O)cc1-c1ccc(F)c2c1CN(C(=O)C[C@H](C)c1ccccc1)CC2. The van der Waals surface area contributed by atoms with Gasteiger partial charge in [-0.15, -0.1) is 0 Å². The average Bonchev–Trinajstić information content (AvgIpc) is 2.84. The monoisotopic (exact) mass is 461 g/mol. The van der Waals surface area contributed by atoms with Crippen molar-refractivity contribution in [3.8, 4) is 16.9 Å². The number of ether oxygens (including phenoxy) is 1. The first-order valence-electron chi connectivity index (χ1n) is 11.4. The van der Waals surface area contributed by atoms with E-state index in [9.17, 15) is 19.1 Å². The summed E-state index contributed by atoms with van der Waals surface area (Å²) in [5.74, 6) is -0.534. The molecule has 3 aromatic carbocycles. The molecule has 0 fully saturated rings. The Bertz CT molecular complexity index is 1210. The average molecular weight is 462 g/mol. The standard InChI is InChI=1S/C28H28FNO4/c1-18(20-6-4-3-5-7-20)14-27(31)30-13-12-22-24(17-30)21(9-10-25(22)29)23-15-19(16-28(32)33)8-11-26(23)34-2/h3-11,15,18H,12-14,16-17H2,1-2H3,(H,32,33)/t18-/m0/s1. The lowest BCUT2D eigenvalue weighted by atomic mass is 9.89. The molecule has 0 radical (unpaired) electrons.